The molecule has 12 heavy (non-hydrogen) atoms. The van der Waals surface area contributed by atoms with Crippen LogP contribution in [-0.2, 0) is 0 Å². The molecule has 0 atom stereocenters. The molecule has 0 N–H and O–H groups in total. The van der Waals surface area contributed by atoms with Gasteiger partial charge in [-0.05, 0) is 24.5 Å². The first-order valence-electron chi connectivity index (χ1n) is 3.43. The second kappa shape index (κ2) is 2.54. The zero-order chi connectivity index (χ0) is 8.55. The van der Waals surface area contributed by atoms with Gasteiger partial charge in [0.15, 0.2) is 0 Å². The number of rotatable bonds is 0. The van der Waals surface area contributed by atoms with Gasteiger partial charge in [0.05, 0.1) is 22.2 Å². The molecular formula is C8H5N3S. The fourth-order valence-electron chi connectivity index (χ4n) is 1.02. The summed E-state index contributed by atoms with van der Waals surface area (Å²) in [6, 6.07) is 3.92. The first kappa shape index (κ1) is 7.19. The van der Waals surface area contributed by atoms with E-state index in [1.807, 2.05) is 13.0 Å². The van der Waals surface area contributed by atoms with Crippen molar-refractivity contribution in [2.24, 2.45) is 0 Å². The molecule has 2 aromatic heterocycles. The molecule has 0 aliphatic rings. The molecule has 0 bridgehead atoms. The van der Waals surface area contributed by atoms with Gasteiger partial charge in [0, 0.05) is 0 Å². The summed E-state index contributed by atoms with van der Waals surface area (Å²) < 4.78 is 4.96. The highest BCUT2D eigenvalue weighted by atomic mass is 32.1. The Morgan fingerprint density at radius 2 is 2.42 bits per heavy atom. The fourth-order valence-corrected chi connectivity index (χ4v) is 1.65. The largest absolute Gasteiger partial charge is 0.249 e. The number of aryl methyl sites for hydroxylation is 1. The molecule has 0 fully saturated rings. The van der Waals surface area contributed by atoms with E-state index in [-0.39, 0.29) is 0 Å². The van der Waals surface area contributed by atoms with Gasteiger partial charge in [-0.1, -0.05) is 0 Å². The predicted molar refractivity (Wildman–Crippen MR) is 46.9 cm³/mol. The molecule has 3 nitrogen and oxygen atoms in total. The lowest BCUT2D eigenvalue weighted by molar-refractivity contribution is 1.23. The summed E-state index contributed by atoms with van der Waals surface area (Å²) in [6.07, 6.45) is 1.72. The lowest BCUT2D eigenvalue weighted by Crippen LogP contribution is -1.85. The zero-order valence-corrected chi connectivity index (χ0v) is 7.22. The minimum atomic E-state index is 0.631. The molecule has 0 aliphatic carbocycles. The van der Waals surface area contributed by atoms with E-state index < -0.39 is 0 Å². The number of nitriles is 1. The van der Waals surface area contributed by atoms with Gasteiger partial charge in [-0.25, -0.2) is 4.98 Å². The molecule has 0 radical (unpaired) electrons. The Morgan fingerprint density at radius 1 is 1.58 bits per heavy atom. The van der Waals surface area contributed by atoms with Crippen LogP contribution in [0.2, 0.25) is 0 Å². The average Bonchev–Trinajstić information content (AvgIpc) is 2.49. The predicted octanol–water partition coefficient (Wildman–Crippen LogP) is 1.87. The molecule has 0 amide bonds. The molecule has 58 valence electrons. The standard InChI is InChI=1S/C8H5N3S/c1-5-6(3-9)2-8-7(11-5)4-10-12-8/h2,4H,1H3. The highest BCUT2D eigenvalue weighted by Crippen LogP contribution is 2.18. The minimum Gasteiger partial charge on any atom is -0.249 e. The smallest absolute Gasteiger partial charge is 0.101 e. The third-order valence-corrected chi connectivity index (χ3v) is 2.39. The Hall–Kier alpha value is -1.47. The van der Waals surface area contributed by atoms with Gasteiger partial charge >= 0.3 is 0 Å². The summed E-state index contributed by atoms with van der Waals surface area (Å²) in [5.74, 6) is 0. The fraction of sp³-hybridized carbons (Fsp3) is 0.125. The summed E-state index contributed by atoms with van der Waals surface area (Å²) in [5.41, 5.74) is 2.27. The van der Waals surface area contributed by atoms with Crippen molar-refractivity contribution in [3.05, 3.63) is 23.5 Å². The molecule has 0 aromatic carbocycles. The molecule has 0 saturated carbocycles. The Bertz CT molecular complexity index is 467. The maximum atomic E-state index is 8.71. The van der Waals surface area contributed by atoms with E-state index >= 15 is 0 Å². The van der Waals surface area contributed by atoms with Crippen molar-refractivity contribution >= 4 is 21.7 Å². The van der Waals surface area contributed by atoms with Crippen LogP contribution < -0.4 is 0 Å². The second-order valence-corrected chi connectivity index (χ2v) is 3.28. The van der Waals surface area contributed by atoms with E-state index in [2.05, 4.69) is 15.4 Å². The minimum absolute atomic E-state index is 0.631. The molecule has 0 aliphatic heterocycles. The van der Waals surface area contributed by atoms with E-state index in [0.29, 0.717) is 5.56 Å². The van der Waals surface area contributed by atoms with Crippen LogP contribution in [-0.4, -0.2) is 9.36 Å². The maximum absolute atomic E-state index is 8.71. The van der Waals surface area contributed by atoms with Crippen molar-refractivity contribution in [1.29, 1.82) is 5.26 Å². The first-order valence-corrected chi connectivity index (χ1v) is 4.21. The van der Waals surface area contributed by atoms with Crippen molar-refractivity contribution < 1.29 is 0 Å². The molecule has 2 aromatic rings. The lowest BCUT2D eigenvalue weighted by Gasteiger charge is -1.93. The van der Waals surface area contributed by atoms with Crippen LogP contribution in [0.25, 0.3) is 10.2 Å². The summed E-state index contributed by atoms with van der Waals surface area (Å²) in [5, 5.41) is 8.71. The second-order valence-electron chi connectivity index (χ2n) is 2.44. The molecule has 4 heteroatoms. The van der Waals surface area contributed by atoms with E-state index in [0.717, 1.165) is 15.9 Å². The van der Waals surface area contributed by atoms with Crippen LogP contribution in [0.1, 0.15) is 11.3 Å². The van der Waals surface area contributed by atoms with E-state index in [4.69, 9.17) is 5.26 Å². The van der Waals surface area contributed by atoms with Crippen molar-refractivity contribution in [2.75, 3.05) is 0 Å². The molecule has 0 spiro atoms. The SMILES string of the molecule is Cc1nc2cnsc2cc1C#N. The average molecular weight is 175 g/mol. The quantitative estimate of drug-likeness (QED) is 0.614. The topological polar surface area (TPSA) is 49.6 Å². The Morgan fingerprint density at radius 3 is 3.17 bits per heavy atom. The monoisotopic (exact) mass is 175 g/mol. The van der Waals surface area contributed by atoms with Crippen molar-refractivity contribution in [3.63, 3.8) is 0 Å². The number of hydrogen-bond acceptors (Lipinski definition) is 4. The normalized spacial score (nSPS) is 10.0. The van der Waals surface area contributed by atoms with Crippen LogP contribution in [0, 0.1) is 18.3 Å². The maximum Gasteiger partial charge on any atom is 0.101 e. The van der Waals surface area contributed by atoms with Crippen LogP contribution in [0.4, 0.5) is 0 Å². The number of pyridine rings is 1. The Labute approximate surface area is 73.5 Å². The number of nitrogens with zero attached hydrogens (tertiary/aromatic N) is 3. The third-order valence-electron chi connectivity index (χ3n) is 1.65. The number of hydrogen-bond donors (Lipinski definition) is 0. The van der Waals surface area contributed by atoms with Crippen molar-refractivity contribution in [2.45, 2.75) is 6.92 Å². The van der Waals surface area contributed by atoms with Gasteiger partial charge in [0.1, 0.15) is 11.6 Å². The van der Waals surface area contributed by atoms with E-state index in [9.17, 15) is 0 Å². The third kappa shape index (κ3) is 0.953. The van der Waals surface area contributed by atoms with Crippen LogP contribution in [0.15, 0.2) is 12.3 Å². The molecule has 0 unspecified atom stereocenters. The van der Waals surface area contributed by atoms with E-state index in [1.165, 1.54) is 11.5 Å². The number of fused-ring (bicyclic) bond motifs is 1. The Kier molecular flexibility index (Phi) is 1.52. The Balaban J connectivity index is 2.84. The van der Waals surface area contributed by atoms with Gasteiger partial charge in [-0.2, -0.15) is 9.64 Å². The molecule has 2 rings (SSSR count). The van der Waals surface area contributed by atoms with Crippen LogP contribution >= 0.6 is 11.5 Å². The summed E-state index contributed by atoms with van der Waals surface area (Å²) in [7, 11) is 0. The van der Waals surface area contributed by atoms with Crippen molar-refractivity contribution in [3.8, 4) is 6.07 Å². The molecule has 2 heterocycles. The lowest BCUT2D eigenvalue weighted by atomic mass is 10.2. The van der Waals surface area contributed by atoms with Gasteiger partial charge in [0.25, 0.3) is 0 Å². The molecule has 0 saturated heterocycles. The van der Waals surface area contributed by atoms with E-state index in [1.54, 1.807) is 6.20 Å². The van der Waals surface area contributed by atoms with Crippen LogP contribution in [0.3, 0.4) is 0 Å². The summed E-state index contributed by atoms with van der Waals surface area (Å²) in [6.45, 7) is 1.83. The zero-order valence-electron chi connectivity index (χ0n) is 6.40. The van der Waals surface area contributed by atoms with Crippen molar-refractivity contribution in [1.82, 2.24) is 9.36 Å². The summed E-state index contributed by atoms with van der Waals surface area (Å²) >= 11 is 1.36. The van der Waals surface area contributed by atoms with Crippen LogP contribution in [0.5, 0.6) is 0 Å². The highest BCUT2D eigenvalue weighted by Gasteiger charge is 2.03. The first-order chi connectivity index (χ1) is 5.81. The highest BCUT2D eigenvalue weighted by molar-refractivity contribution is 7.13. The van der Waals surface area contributed by atoms with Gasteiger partial charge in [-0.3, -0.25) is 0 Å². The van der Waals surface area contributed by atoms with Gasteiger partial charge in [0.2, 0.25) is 0 Å². The van der Waals surface area contributed by atoms with Gasteiger partial charge < -0.3 is 0 Å². The summed E-state index contributed by atoms with van der Waals surface area (Å²) in [4.78, 5) is 4.23. The number of aromatic nitrogens is 2. The van der Waals surface area contributed by atoms with Gasteiger partial charge in [-0.15, -0.1) is 0 Å². The molecular weight excluding hydrogens is 170 g/mol.